The van der Waals surface area contributed by atoms with Crippen LogP contribution >= 0.6 is 0 Å². The number of fused-ring (bicyclic) bond motifs is 3. The summed E-state index contributed by atoms with van der Waals surface area (Å²) in [7, 11) is 0. The van der Waals surface area contributed by atoms with Crippen molar-refractivity contribution in [1.82, 2.24) is 5.32 Å². The minimum atomic E-state index is -0.257. The van der Waals surface area contributed by atoms with Crippen LogP contribution < -0.4 is 10.1 Å². The lowest BCUT2D eigenvalue weighted by Gasteiger charge is -2.12. The summed E-state index contributed by atoms with van der Waals surface area (Å²) in [5, 5.41) is 4.03. The van der Waals surface area contributed by atoms with E-state index in [0.29, 0.717) is 19.6 Å². The number of halogens is 1. The standard InChI is InChI=1S/C26H28FNO3/c1-3-30-24-16-25-22(20-6-4-5-7-23(20)31-25)15-21(24)17(2)14-26(29)28-13-12-18-8-10-19(27)11-9-18/h8-11,14-16H,3-7,12-13H2,1-2H3,(H,28,29)/b17-14+. The molecule has 1 N–H and O–H groups in total. The van der Waals surface area contributed by atoms with Gasteiger partial charge in [-0.05, 0) is 68.9 Å². The van der Waals surface area contributed by atoms with E-state index < -0.39 is 0 Å². The predicted molar refractivity (Wildman–Crippen MR) is 121 cm³/mol. The van der Waals surface area contributed by atoms with Gasteiger partial charge in [0.1, 0.15) is 22.9 Å². The maximum absolute atomic E-state index is 13.0. The van der Waals surface area contributed by atoms with Gasteiger partial charge in [0.2, 0.25) is 5.91 Å². The topological polar surface area (TPSA) is 51.5 Å². The van der Waals surface area contributed by atoms with E-state index in [2.05, 4.69) is 11.4 Å². The van der Waals surface area contributed by atoms with Crippen molar-refractivity contribution in [1.29, 1.82) is 0 Å². The third-order valence-corrected chi connectivity index (χ3v) is 5.76. The largest absolute Gasteiger partial charge is 0.493 e. The second-order valence-corrected chi connectivity index (χ2v) is 7.98. The molecule has 5 heteroatoms. The summed E-state index contributed by atoms with van der Waals surface area (Å²) < 4.78 is 25.0. The van der Waals surface area contributed by atoms with Crippen molar-refractivity contribution in [3.05, 3.63) is 70.7 Å². The average molecular weight is 422 g/mol. The third-order valence-electron chi connectivity index (χ3n) is 5.76. The number of benzene rings is 2. The fourth-order valence-corrected chi connectivity index (χ4v) is 4.18. The molecule has 0 fully saturated rings. The first-order valence-electron chi connectivity index (χ1n) is 11.0. The normalized spacial score (nSPS) is 13.8. The van der Waals surface area contributed by atoms with Gasteiger partial charge in [0.25, 0.3) is 0 Å². The zero-order valence-electron chi connectivity index (χ0n) is 18.1. The molecule has 0 atom stereocenters. The van der Waals surface area contributed by atoms with Gasteiger partial charge in [-0.3, -0.25) is 4.79 Å². The van der Waals surface area contributed by atoms with Crippen molar-refractivity contribution in [3.63, 3.8) is 0 Å². The molecule has 0 spiro atoms. The monoisotopic (exact) mass is 421 g/mol. The van der Waals surface area contributed by atoms with Crippen LogP contribution in [0.1, 0.15) is 49.1 Å². The molecule has 0 aliphatic heterocycles. The van der Waals surface area contributed by atoms with E-state index in [4.69, 9.17) is 9.15 Å². The van der Waals surface area contributed by atoms with E-state index in [9.17, 15) is 9.18 Å². The number of hydrogen-bond acceptors (Lipinski definition) is 3. The molecule has 0 bridgehead atoms. The molecule has 0 saturated heterocycles. The molecule has 31 heavy (non-hydrogen) atoms. The Kier molecular flexibility index (Phi) is 6.40. The molecule has 1 amide bonds. The minimum absolute atomic E-state index is 0.156. The van der Waals surface area contributed by atoms with Gasteiger partial charge in [-0.15, -0.1) is 0 Å². The van der Waals surface area contributed by atoms with Crippen LogP contribution in [0.25, 0.3) is 16.5 Å². The maximum atomic E-state index is 13.0. The number of hydrogen-bond donors (Lipinski definition) is 1. The lowest BCUT2D eigenvalue weighted by atomic mass is 9.94. The van der Waals surface area contributed by atoms with E-state index in [-0.39, 0.29) is 11.7 Å². The Morgan fingerprint density at radius 3 is 2.74 bits per heavy atom. The molecule has 1 aliphatic rings. The van der Waals surface area contributed by atoms with Crippen LogP contribution in [-0.4, -0.2) is 19.1 Å². The van der Waals surface area contributed by atoms with Crippen LogP contribution in [0.5, 0.6) is 5.75 Å². The number of allylic oxidation sites excluding steroid dienone is 1. The number of furan rings is 1. The number of rotatable bonds is 7. The van der Waals surface area contributed by atoms with E-state index in [1.165, 1.54) is 24.1 Å². The summed E-state index contributed by atoms with van der Waals surface area (Å²) in [6.07, 6.45) is 6.61. The Morgan fingerprint density at radius 2 is 1.97 bits per heavy atom. The quantitative estimate of drug-likeness (QED) is 0.505. The molecule has 0 saturated carbocycles. The highest BCUT2D eigenvalue weighted by atomic mass is 19.1. The van der Waals surface area contributed by atoms with Crippen LogP contribution in [-0.2, 0) is 24.1 Å². The van der Waals surface area contributed by atoms with Crippen LogP contribution in [0.4, 0.5) is 4.39 Å². The van der Waals surface area contributed by atoms with Crippen molar-refractivity contribution in [2.24, 2.45) is 0 Å². The van der Waals surface area contributed by atoms with Crippen molar-refractivity contribution in [2.45, 2.75) is 46.0 Å². The second-order valence-electron chi connectivity index (χ2n) is 7.98. The van der Waals surface area contributed by atoms with Gasteiger partial charge in [0, 0.05) is 41.6 Å². The van der Waals surface area contributed by atoms with Crippen LogP contribution in [0, 0.1) is 5.82 Å². The van der Waals surface area contributed by atoms with Crippen molar-refractivity contribution >= 4 is 22.4 Å². The molecule has 162 valence electrons. The Morgan fingerprint density at radius 1 is 1.19 bits per heavy atom. The smallest absolute Gasteiger partial charge is 0.244 e. The Labute approximate surface area is 182 Å². The fraction of sp³-hybridized carbons (Fsp3) is 0.346. The van der Waals surface area contributed by atoms with E-state index in [0.717, 1.165) is 58.4 Å². The Bertz CT molecular complexity index is 1110. The highest BCUT2D eigenvalue weighted by molar-refractivity contribution is 5.97. The molecule has 1 heterocycles. The summed E-state index contributed by atoms with van der Waals surface area (Å²) in [6.45, 7) is 4.90. The molecule has 0 unspecified atom stereocenters. The molecule has 2 aromatic carbocycles. The van der Waals surface area contributed by atoms with Crippen molar-refractivity contribution in [2.75, 3.05) is 13.2 Å². The molecule has 4 rings (SSSR count). The number of aryl methyl sites for hydroxylation is 2. The van der Waals surface area contributed by atoms with Crippen molar-refractivity contribution < 1.29 is 18.3 Å². The second kappa shape index (κ2) is 9.38. The molecular formula is C26H28FNO3. The zero-order valence-corrected chi connectivity index (χ0v) is 18.1. The zero-order chi connectivity index (χ0) is 21.8. The summed E-state index contributed by atoms with van der Waals surface area (Å²) in [5.74, 6) is 1.40. The highest BCUT2D eigenvalue weighted by Crippen LogP contribution is 2.38. The maximum Gasteiger partial charge on any atom is 0.244 e. The number of nitrogens with one attached hydrogen (secondary N) is 1. The molecule has 1 aromatic heterocycles. The van der Waals surface area contributed by atoms with Gasteiger partial charge in [-0.25, -0.2) is 4.39 Å². The number of ether oxygens (including phenoxy) is 1. The molecule has 4 nitrogen and oxygen atoms in total. The van der Waals surface area contributed by atoms with Crippen molar-refractivity contribution in [3.8, 4) is 5.75 Å². The lowest BCUT2D eigenvalue weighted by molar-refractivity contribution is -0.116. The van der Waals surface area contributed by atoms with Gasteiger partial charge in [0.15, 0.2) is 0 Å². The van der Waals surface area contributed by atoms with Gasteiger partial charge >= 0.3 is 0 Å². The summed E-state index contributed by atoms with van der Waals surface area (Å²) in [4.78, 5) is 12.5. The van der Waals surface area contributed by atoms with Crippen LogP contribution in [0.15, 0.2) is 46.9 Å². The Hall–Kier alpha value is -3.08. The lowest BCUT2D eigenvalue weighted by Crippen LogP contribution is -2.23. The average Bonchev–Trinajstić information content (AvgIpc) is 3.12. The Balaban J connectivity index is 1.52. The fourth-order valence-electron chi connectivity index (χ4n) is 4.18. The number of amides is 1. The van der Waals surface area contributed by atoms with E-state index >= 15 is 0 Å². The van der Waals surface area contributed by atoms with Gasteiger partial charge in [-0.2, -0.15) is 0 Å². The highest BCUT2D eigenvalue weighted by Gasteiger charge is 2.20. The molecular weight excluding hydrogens is 393 g/mol. The molecule has 1 aliphatic carbocycles. The summed E-state index contributed by atoms with van der Waals surface area (Å²) >= 11 is 0. The summed E-state index contributed by atoms with van der Waals surface area (Å²) in [6, 6.07) is 10.4. The van der Waals surface area contributed by atoms with Crippen LogP contribution in [0.3, 0.4) is 0 Å². The molecule has 3 aromatic rings. The van der Waals surface area contributed by atoms with Gasteiger partial charge < -0.3 is 14.5 Å². The van der Waals surface area contributed by atoms with Crippen LogP contribution in [0.2, 0.25) is 0 Å². The first-order valence-corrected chi connectivity index (χ1v) is 11.0. The predicted octanol–water partition coefficient (Wildman–Crippen LogP) is 5.61. The number of carbonyl (C=O) groups excluding carboxylic acids is 1. The first-order chi connectivity index (χ1) is 15.0. The van der Waals surface area contributed by atoms with E-state index in [1.54, 1.807) is 18.2 Å². The van der Waals surface area contributed by atoms with Gasteiger partial charge in [0.05, 0.1) is 6.61 Å². The van der Waals surface area contributed by atoms with E-state index in [1.807, 2.05) is 19.9 Å². The minimum Gasteiger partial charge on any atom is -0.493 e. The molecule has 0 radical (unpaired) electrons. The number of carbonyl (C=O) groups is 1. The third kappa shape index (κ3) is 4.82. The first kappa shape index (κ1) is 21.2. The summed E-state index contributed by atoms with van der Waals surface area (Å²) in [5.41, 5.74) is 4.89. The van der Waals surface area contributed by atoms with Gasteiger partial charge in [-0.1, -0.05) is 12.1 Å². The SMILES string of the molecule is CCOc1cc2oc3c(c2cc1/C(C)=C/C(=O)NCCc1ccc(F)cc1)CCCC3.